The van der Waals surface area contributed by atoms with Crippen LogP contribution in [0.5, 0.6) is 11.5 Å². The highest BCUT2D eigenvalue weighted by Gasteiger charge is 2.17. The lowest BCUT2D eigenvalue weighted by molar-refractivity contribution is 0.174. The molecule has 1 aromatic heterocycles. The van der Waals surface area contributed by atoms with Crippen molar-refractivity contribution in [2.24, 2.45) is 0 Å². The van der Waals surface area contributed by atoms with E-state index in [1.54, 1.807) is 41.0 Å². The molecule has 0 spiro atoms. The van der Waals surface area contributed by atoms with E-state index in [9.17, 15) is 9.59 Å². The zero-order chi connectivity index (χ0) is 20.7. The Hall–Kier alpha value is -3.51. The first-order valence-corrected chi connectivity index (χ1v) is 9.83. The first-order valence-electron chi connectivity index (χ1n) is 9.45. The third kappa shape index (κ3) is 3.25. The van der Waals surface area contributed by atoms with Crippen LogP contribution in [0.4, 0.5) is 0 Å². The van der Waals surface area contributed by atoms with E-state index in [2.05, 4.69) is 0 Å². The van der Waals surface area contributed by atoms with E-state index >= 15 is 0 Å². The number of nitrogens with zero attached hydrogens (tertiary/aromatic N) is 2. The quantitative estimate of drug-likeness (QED) is 0.505. The van der Waals surface area contributed by atoms with Crippen LogP contribution in [0.1, 0.15) is 11.1 Å². The van der Waals surface area contributed by atoms with E-state index in [4.69, 9.17) is 21.1 Å². The van der Waals surface area contributed by atoms with Gasteiger partial charge in [-0.25, -0.2) is 4.79 Å². The fourth-order valence-electron chi connectivity index (χ4n) is 3.70. The normalized spacial score (nSPS) is 12.4. The Labute approximate surface area is 176 Å². The summed E-state index contributed by atoms with van der Waals surface area (Å²) in [6.07, 6.45) is 0. The van der Waals surface area contributed by atoms with Crippen molar-refractivity contribution in [1.29, 1.82) is 0 Å². The molecule has 0 unspecified atom stereocenters. The molecule has 0 saturated heterocycles. The Kier molecular flexibility index (Phi) is 4.56. The van der Waals surface area contributed by atoms with Crippen molar-refractivity contribution < 1.29 is 9.47 Å². The minimum Gasteiger partial charge on any atom is -0.454 e. The van der Waals surface area contributed by atoms with Crippen LogP contribution < -0.4 is 20.7 Å². The van der Waals surface area contributed by atoms with E-state index in [1.807, 2.05) is 30.3 Å². The third-order valence-corrected chi connectivity index (χ3v) is 5.37. The second-order valence-electron chi connectivity index (χ2n) is 7.09. The van der Waals surface area contributed by atoms with Crippen LogP contribution in [0, 0.1) is 0 Å². The number of aromatic nitrogens is 2. The minimum atomic E-state index is -0.378. The summed E-state index contributed by atoms with van der Waals surface area (Å²) in [5, 5.41) is 1.08. The van der Waals surface area contributed by atoms with Gasteiger partial charge < -0.3 is 9.47 Å². The molecule has 0 saturated carbocycles. The van der Waals surface area contributed by atoms with Crippen molar-refractivity contribution in [3.05, 3.63) is 104 Å². The molecule has 0 bridgehead atoms. The number of fused-ring (bicyclic) bond motifs is 2. The van der Waals surface area contributed by atoms with Gasteiger partial charge in [-0.1, -0.05) is 41.9 Å². The van der Waals surface area contributed by atoms with E-state index in [0.717, 1.165) is 11.1 Å². The van der Waals surface area contributed by atoms with E-state index in [0.29, 0.717) is 34.0 Å². The lowest BCUT2D eigenvalue weighted by atomic mass is 10.2. The van der Waals surface area contributed by atoms with Crippen LogP contribution in [0.25, 0.3) is 10.9 Å². The summed E-state index contributed by atoms with van der Waals surface area (Å²) in [7, 11) is 0. The molecule has 1 aliphatic heterocycles. The molecule has 0 fully saturated rings. The summed E-state index contributed by atoms with van der Waals surface area (Å²) in [6.45, 7) is 0.608. The standard InChI is InChI=1S/C23H17ClN2O4/c24-17-5-3-4-15(10-17)12-25-19-7-2-1-6-18(19)22(27)26(23(25)28)13-16-8-9-20-21(11-16)30-14-29-20/h1-11H,12-14H2. The van der Waals surface area contributed by atoms with Gasteiger partial charge in [0.15, 0.2) is 11.5 Å². The molecule has 0 radical (unpaired) electrons. The molecule has 30 heavy (non-hydrogen) atoms. The third-order valence-electron chi connectivity index (χ3n) is 5.14. The van der Waals surface area contributed by atoms with Crippen LogP contribution >= 0.6 is 11.6 Å². The summed E-state index contributed by atoms with van der Waals surface area (Å²) in [5.41, 5.74) is 1.55. The van der Waals surface area contributed by atoms with Gasteiger partial charge in [-0.3, -0.25) is 13.9 Å². The Balaban J connectivity index is 1.65. The Morgan fingerprint density at radius 3 is 2.43 bits per heavy atom. The molecule has 150 valence electrons. The second-order valence-corrected chi connectivity index (χ2v) is 7.53. The van der Waals surface area contributed by atoms with Crippen molar-refractivity contribution in [2.75, 3.05) is 6.79 Å². The number of para-hydroxylation sites is 1. The zero-order valence-corrected chi connectivity index (χ0v) is 16.6. The van der Waals surface area contributed by atoms with Gasteiger partial charge in [0.2, 0.25) is 6.79 Å². The predicted molar refractivity (Wildman–Crippen MR) is 115 cm³/mol. The lowest BCUT2D eigenvalue weighted by Gasteiger charge is -2.14. The number of hydrogen-bond acceptors (Lipinski definition) is 4. The first kappa shape index (κ1) is 18.5. The smallest absolute Gasteiger partial charge is 0.332 e. The van der Waals surface area contributed by atoms with Gasteiger partial charge in [0.1, 0.15) is 0 Å². The van der Waals surface area contributed by atoms with Crippen LogP contribution in [0.3, 0.4) is 0 Å². The number of benzene rings is 3. The molecule has 2 heterocycles. The van der Waals surface area contributed by atoms with E-state index in [-0.39, 0.29) is 24.6 Å². The molecule has 0 aliphatic carbocycles. The molecular formula is C23H17ClN2O4. The van der Waals surface area contributed by atoms with Crippen LogP contribution in [0.15, 0.2) is 76.3 Å². The van der Waals surface area contributed by atoms with Gasteiger partial charge in [-0.2, -0.15) is 0 Å². The van der Waals surface area contributed by atoms with Crippen molar-refractivity contribution in [1.82, 2.24) is 9.13 Å². The minimum absolute atomic E-state index is 0.134. The Morgan fingerprint density at radius 1 is 0.800 bits per heavy atom. The molecule has 5 rings (SSSR count). The number of rotatable bonds is 4. The average molecular weight is 421 g/mol. The Morgan fingerprint density at radius 2 is 1.57 bits per heavy atom. The molecule has 0 amide bonds. The summed E-state index contributed by atoms with van der Waals surface area (Å²) in [5.74, 6) is 1.27. The summed E-state index contributed by atoms with van der Waals surface area (Å²) >= 11 is 6.11. The monoisotopic (exact) mass is 420 g/mol. The second kappa shape index (κ2) is 7.39. The fourth-order valence-corrected chi connectivity index (χ4v) is 3.92. The average Bonchev–Trinajstić information content (AvgIpc) is 3.22. The number of hydrogen-bond donors (Lipinski definition) is 0. The topological polar surface area (TPSA) is 62.5 Å². The predicted octanol–water partition coefficient (Wildman–Crippen LogP) is 3.64. The lowest BCUT2D eigenvalue weighted by Crippen LogP contribution is -2.40. The summed E-state index contributed by atoms with van der Waals surface area (Å²) < 4.78 is 13.6. The highest BCUT2D eigenvalue weighted by molar-refractivity contribution is 6.30. The maximum absolute atomic E-state index is 13.4. The molecule has 3 aromatic carbocycles. The SMILES string of the molecule is O=c1c2ccccc2n(Cc2cccc(Cl)c2)c(=O)n1Cc1ccc2c(c1)OCO2. The van der Waals surface area contributed by atoms with E-state index in [1.165, 1.54) is 4.57 Å². The maximum atomic E-state index is 13.4. The highest BCUT2D eigenvalue weighted by Crippen LogP contribution is 2.32. The molecule has 7 heteroatoms. The highest BCUT2D eigenvalue weighted by atomic mass is 35.5. The maximum Gasteiger partial charge on any atom is 0.332 e. The molecule has 0 N–H and O–H groups in total. The largest absolute Gasteiger partial charge is 0.454 e. The number of halogens is 1. The number of ether oxygens (including phenoxy) is 2. The van der Waals surface area contributed by atoms with Crippen molar-refractivity contribution >= 4 is 22.5 Å². The summed E-state index contributed by atoms with van der Waals surface area (Å²) in [6, 6.07) is 19.9. The summed E-state index contributed by atoms with van der Waals surface area (Å²) in [4.78, 5) is 26.5. The van der Waals surface area contributed by atoms with E-state index < -0.39 is 0 Å². The van der Waals surface area contributed by atoms with Crippen molar-refractivity contribution in [2.45, 2.75) is 13.1 Å². The molecule has 6 nitrogen and oxygen atoms in total. The van der Waals surface area contributed by atoms with Crippen molar-refractivity contribution in [3.63, 3.8) is 0 Å². The van der Waals surface area contributed by atoms with Gasteiger partial charge in [0.05, 0.1) is 24.0 Å². The van der Waals surface area contributed by atoms with Gasteiger partial charge >= 0.3 is 5.69 Å². The van der Waals surface area contributed by atoms with Gasteiger partial charge in [0.25, 0.3) is 5.56 Å². The van der Waals surface area contributed by atoms with Gasteiger partial charge in [-0.15, -0.1) is 0 Å². The molecule has 4 aromatic rings. The molecule has 0 atom stereocenters. The van der Waals surface area contributed by atoms with Crippen LogP contribution in [0.2, 0.25) is 5.02 Å². The fraction of sp³-hybridized carbons (Fsp3) is 0.130. The van der Waals surface area contributed by atoms with Crippen LogP contribution in [-0.4, -0.2) is 15.9 Å². The van der Waals surface area contributed by atoms with Crippen molar-refractivity contribution in [3.8, 4) is 11.5 Å². The molecular weight excluding hydrogens is 404 g/mol. The van der Waals surface area contributed by atoms with Gasteiger partial charge in [-0.05, 0) is 47.5 Å². The van der Waals surface area contributed by atoms with Gasteiger partial charge in [0, 0.05) is 5.02 Å². The molecule has 1 aliphatic rings. The Bertz CT molecular complexity index is 1390. The first-order chi connectivity index (χ1) is 14.6. The van der Waals surface area contributed by atoms with Crippen LogP contribution in [-0.2, 0) is 13.1 Å². The zero-order valence-electron chi connectivity index (χ0n) is 15.9.